The summed E-state index contributed by atoms with van der Waals surface area (Å²) < 4.78 is 9.66. The first-order chi connectivity index (χ1) is 33.0. The SMILES string of the molecule is COC(=O)N[C@H](C(=O)N1CCC[C@H]1c1nc2ccc([C@H]3CC[C@H](c4ccc5nc([C@@H]6CCCN6C(=O)[C@@H](NC(=O)OC)C(C)C)[nH]c5c4)N3c3ccc(C(C)(C)CNC(=O)O)cc3)cc2[nH]1)C(C)C. The largest absolute Gasteiger partial charge is 0.465 e. The molecule has 18 nitrogen and oxygen atoms in total. The molecule has 5 amide bonds. The fourth-order valence-electron chi connectivity index (χ4n) is 10.5. The Balaban J connectivity index is 1.10. The Morgan fingerprint density at radius 1 is 0.681 bits per heavy atom. The van der Waals surface area contributed by atoms with E-state index in [2.05, 4.69) is 79.3 Å². The second kappa shape index (κ2) is 20.0. The van der Waals surface area contributed by atoms with E-state index in [0.717, 1.165) is 83.0 Å². The lowest BCUT2D eigenvalue weighted by Crippen LogP contribution is -2.51. The molecule has 0 unspecified atom stereocenters. The van der Waals surface area contributed by atoms with Crippen molar-refractivity contribution < 1.29 is 38.6 Å². The van der Waals surface area contributed by atoms with Crippen LogP contribution in [-0.4, -0.2) is 111 Å². The van der Waals surface area contributed by atoms with Crippen LogP contribution in [0.15, 0.2) is 60.7 Å². The molecule has 368 valence electrons. The molecule has 5 heterocycles. The van der Waals surface area contributed by atoms with E-state index >= 15 is 0 Å². The maximum absolute atomic E-state index is 13.9. The molecule has 8 rings (SSSR count). The normalized spacial score (nSPS) is 20.5. The number of imidazole rings is 2. The number of carbonyl (C=O) groups excluding carboxylic acids is 4. The van der Waals surface area contributed by atoms with E-state index in [1.807, 2.05) is 63.5 Å². The second-order valence-electron chi connectivity index (χ2n) is 20.0. The molecule has 18 heteroatoms. The van der Waals surface area contributed by atoms with Crippen LogP contribution >= 0.6 is 0 Å². The van der Waals surface area contributed by atoms with Gasteiger partial charge in [0.2, 0.25) is 11.8 Å². The molecule has 6 N–H and O–H groups in total. The van der Waals surface area contributed by atoms with Gasteiger partial charge in [0.05, 0.1) is 60.5 Å². The summed E-state index contributed by atoms with van der Waals surface area (Å²) in [7, 11) is 2.58. The fourth-order valence-corrected chi connectivity index (χ4v) is 10.5. The van der Waals surface area contributed by atoms with Crippen molar-refractivity contribution in [2.75, 3.05) is 38.8 Å². The van der Waals surface area contributed by atoms with Gasteiger partial charge in [-0.25, -0.2) is 24.4 Å². The number of carboxylic acid groups (broad SMARTS) is 1. The minimum absolute atomic E-state index is 0.0296. The van der Waals surface area contributed by atoms with E-state index < -0.39 is 35.8 Å². The van der Waals surface area contributed by atoms with Gasteiger partial charge in [-0.05, 0) is 103 Å². The van der Waals surface area contributed by atoms with Crippen molar-refractivity contribution >= 4 is 57.8 Å². The second-order valence-corrected chi connectivity index (χ2v) is 20.0. The van der Waals surface area contributed by atoms with Gasteiger partial charge in [-0.3, -0.25) is 9.59 Å². The first-order valence-electron chi connectivity index (χ1n) is 24.1. The van der Waals surface area contributed by atoms with Crippen LogP contribution in [0, 0.1) is 11.8 Å². The van der Waals surface area contributed by atoms with Crippen molar-refractivity contribution in [3.8, 4) is 0 Å². The number of ether oxygens (including phenoxy) is 2. The van der Waals surface area contributed by atoms with Gasteiger partial charge in [-0.15, -0.1) is 0 Å². The molecule has 0 saturated carbocycles. The van der Waals surface area contributed by atoms with Gasteiger partial charge >= 0.3 is 18.3 Å². The monoisotopic (exact) mass is 947 g/mol. The Labute approximate surface area is 402 Å². The van der Waals surface area contributed by atoms with E-state index in [0.29, 0.717) is 24.7 Å². The zero-order valence-corrected chi connectivity index (χ0v) is 40.8. The van der Waals surface area contributed by atoms with E-state index in [9.17, 15) is 29.1 Å². The molecule has 3 aromatic carbocycles. The van der Waals surface area contributed by atoms with Crippen LogP contribution in [0.1, 0.15) is 133 Å². The number of benzene rings is 3. The molecule has 5 aromatic rings. The van der Waals surface area contributed by atoms with Crippen molar-refractivity contribution in [3.63, 3.8) is 0 Å². The minimum atomic E-state index is -1.06. The number of amides is 5. The Morgan fingerprint density at radius 3 is 1.54 bits per heavy atom. The summed E-state index contributed by atoms with van der Waals surface area (Å²) >= 11 is 0. The summed E-state index contributed by atoms with van der Waals surface area (Å²) in [6, 6.07) is 19.0. The summed E-state index contributed by atoms with van der Waals surface area (Å²) in [5.41, 5.74) is 7.12. The van der Waals surface area contributed by atoms with Gasteiger partial charge in [-0.1, -0.05) is 65.8 Å². The molecule has 0 spiro atoms. The highest BCUT2D eigenvalue weighted by Gasteiger charge is 2.41. The first kappa shape index (κ1) is 48.6. The number of hydrogen-bond donors (Lipinski definition) is 6. The summed E-state index contributed by atoms with van der Waals surface area (Å²) in [5, 5.41) is 17.3. The molecule has 3 saturated heterocycles. The molecule has 6 atom stereocenters. The average Bonchev–Trinajstić information content (AvgIpc) is 4.19. The number of aromatic amines is 2. The van der Waals surface area contributed by atoms with E-state index in [1.165, 1.54) is 14.2 Å². The number of anilines is 1. The van der Waals surface area contributed by atoms with Crippen LogP contribution in [0.5, 0.6) is 0 Å². The number of aromatic nitrogens is 4. The van der Waals surface area contributed by atoms with Crippen molar-refractivity contribution in [2.45, 2.75) is 122 Å². The van der Waals surface area contributed by atoms with Crippen LogP contribution in [0.3, 0.4) is 0 Å². The number of nitrogens with zero attached hydrogens (tertiary/aromatic N) is 5. The lowest BCUT2D eigenvalue weighted by molar-refractivity contribution is -0.136. The average molecular weight is 947 g/mol. The lowest BCUT2D eigenvalue weighted by Gasteiger charge is -2.34. The maximum atomic E-state index is 13.9. The van der Waals surface area contributed by atoms with Crippen LogP contribution in [0.2, 0.25) is 0 Å². The number of alkyl carbamates (subject to hydrolysis) is 2. The predicted molar refractivity (Wildman–Crippen MR) is 261 cm³/mol. The molecular formula is C51H66N10O8. The Hall–Kier alpha value is -6.85. The third-order valence-electron chi connectivity index (χ3n) is 14.3. The predicted octanol–water partition coefficient (Wildman–Crippen LogP) is 8.16. The Morgan fingerprint density at radius 2 is 1.13 bits per heavy atom. The first-order valence-corrected chi connectivity index (χ1v) is 24.1. The quantitative estimate of drug-likeness (QED) is 0.0623. The molecular weight excluding hydrogens is 881 g/mol. The number of hydrogen-bond acceptors (Lipinski definition) is 10. The molecule has 0 radical (unpaired) electrons. The third-order valence-corrected chi connectivity index (χ3v) is 14.3. The number of fused-ring (bicyclic) bond motifs is 2. The molecule has 0 bridgehead atoms. The molecule has 0 aliphatic carbocycles. The molecule has 2 aromatic heterocycles. The Bertz CT molecular complexity index is 2550. The summed E-state index contributed by atoms with van der Waals surface area (Å²) in [4.78, 5) is 86.9. The van der Waals surface area contributed by atoms with Crippen LogP contribution in [0.4, 0.5) is 20.1 Å². The number of H-pyrrole nitrogens is 2. The third kappa shape index (κ3) is 10.0. The van der Waals surface area contributed by atoms with Gasteiger partial charge < -0.3 is 55.2 Å². The Kier molecular flexibility index (Phi) is 14.1. The smallest absolute Gasteiger partial charge is 0.407 e. The fraction of sp³-hybridized carbons (Fsp3) is 0.510. The van der Waals surface area contributed by atoms with E-state index in [4.69, 9.17) is 19.4 Å². The van der Waals surface area contributed by atoms with Crippen molar-refractivity contribution in [1.29, 1.82) is 0 Å². The lowest BCUT2D eigenvalue weighted by atomic mass is 9.84. The van der Waals surface area contributed by atoms with Crippen molar-refractivity contribution in [2.24, 2.45) is 11.8 Å². The van der Waals surface area contributed by atoms with Crippen LogP contribution in [-0.2, 0) is 24.5 Å². The summed E-state index contributed by atoms with van der Waals surface area (Å²) in [5.74, 6) is 0.799. The number of likely N-dealkylation sites (tertiary alicyclic amines) is 2. The zero-order valence-electron chi connectivity index (χ0n) is 40.8. The number of methoxy groups -OCH3 is 2. The number of nitrogens with one attached hydrogen (secondary N) is 5. The highest BCUT2D eigenvalue weighted by molar-refractivity contribution is 5.88. The van der Waals surface area contributed by atoms with Crippen LogP contribution in [0.25, 0.3) is 22.1 Å². The molecule has 3 aliphatic rings. The summed E-state index contributed by atoms with van der Waals surface area (Å²) in [6.07, 6.45) is 2.46. The van der Waals surface area contributed by atoms with E-state index in [1.54, 1.807) is 0 Å². The van der Waals surface area contributed by atoms with Crippen LogP contribution < -0.4 is 20.9 Å². The topological polar surface area (TPSA) is 227 Å². The minimum Gasteiger partial charge on any atom is -0.465 e. The highest BCUT2D eigenvalue weighted by atomic mass is 16.5. The van der Waals surface area contributed by atoms with Gasteiger partial charge in [0.25, 0.3) is 0 Å². The highest BCUT2D eigenvalue weighted by Crippen LogP contribution is 2.48. The number of carbonyl (C=O) groups is 5. The van der Waals surface area contributed by atoms with Crippen molar-refractivity contribution in [3.05, 3.63) is 89.0 Å². The molecule has 69 heavy (non-hydrogen) atoms. The molecule has 3 aliphatic heterocycles. The maximum Gasteiger partial charge on any atom is 0.407 e. The van der Waals surface area contributed by atoms with Gasteiger partial charge in [0, 0.05) is 30.7 Å². The zero-order chi connectivity index (χ0) is 49.3. The standard InChI is InChI=1S/C51H66N10O8/c1-28(2)42(57-49(66)68-7)46(62)59-23-9-11-40(59)44-53-34-19-13-30(25-36(34)55-44)38-21-22-39(61(38)33-17-15-32(16-18-33)51(5,6)27-52-48(64)65)31-14-20-35-37(26-31)56-45(54-35)41-12-10-24-60(41)47(63)43(29(3)4)58-50(67)69-8/h13-20,25-26,28-29,38-43,52H,9-12,21-24,27H2,1-8H3,(H,53,55)(H,54,56)(H,57,66)(H,58,67)(H,64,65)/t38-,39-,40+,41+,42+,43+/m1/s1. The van der Waals surface area contributed by atoms with Crippen molar-refractivity contribution in [1.82, 2.24) is 45.7 Å². The number of rotatable bonds is 14. The summed E-state index contributed by atoms with van der Waals surface area (Å²) in [6.45, 7) is 13.0. The molecule has 3 fully saturated rings. The van der Waals surface area contributed by atoms with Gasteiger partial charge in [-0.2, -0.15) is 0 Å². The van der Waals surface area contributed by atoms with E-state index in [-0.39, 0.29) is 54.4 Å². The van der Waals surface area contributed by atoms with Gasteiger partial charge in [0.15, 0.2) is 0 Å². The van der Waals surface area contributed by atoms with Gasteiger partial charge in [0.1, 0.15) is 23.7 Å².